The molecule has 0 atom stereocenters. The monoisotopic (exact) mass is 338 g/mol. The average molecular weight is 338 g/mol. The summed E-state index contributed by atoms with van der Waals surface area (Å²) in [5.74, 6) is 1.22. The first-order valence-electron chi connectivity index (χ1n) is 8.00. The number of benzene rings is 2. The lowest BCUT2D eigenvalue weighted by atomic mass is 10.2. The molecule has 0 aromatic heterocycles. The van der Waals surface area contributed by atoms with Crippen molar-refractivity contribution in [2.24, 2.45) is 10.2 Å². The highest BCUT2D eigenvalue weighted by molar-refractivity contribution is 5.94. The van der Waals surface area contributed by atoms with Crippen LogP contribution in [0.25, 0.3) is 0 Å². The zero-order chi connectivity index (χ0) is 16.9. The lowest BCUT2D eigenvalue weighted by Gasteiger charge is -2.15. The van der Waals surface area contributed by atoms with Gasteiger partial charge in [-0.1, -0.05) is 36.4 Å². The number of hydrogen-bond acceptors (Lipinski definition) is 7. The molecule has 0 radical (unpaired) electrons. The maximum atomic E-state index is 5.65. The molecule has 25 heavy (non-hydrogen) atoms. The van der Waals surface area contributed by atoms with E-state index in [2.05, 4.69) is 10.2 Å². The van der Waals surface area contributed by atoms with Crippen LogP contribution in [0.15, 0.2) is 70.9 Å². The topological polar surface area (TPSA) is 58.9 Å². The van der Waals surface area contributed by atoms with Gasteiger partial charge in [-0.15, -0.1) is 10.2 Å². The number of hydrogen-bond donors (Lipinski definition) is 0. The van der Waals surface area contributed by atoms with Crippen LogP contribution in [0.3, 0.4) is 0 Å². The van der Waals surface area contributed by atoms with E-state index in [-0.39, 0.29) is 0 Å². The molecule has 2 aromatic rings. The minimum absolute atomic E-state index is 0.322. The van der Waals surface area contributed by atoms with E-state index in [0.29, 0.717) is 38.7 Å². The normalized spacial score (nSPS) is 16.3. The minimum Gasteiger partial charge on any atom is -0.453 e. The average Bonchev–Trinajstić information content (AvgIpc) is 3.33. The molecule has 0 bridgehead atoms. The van der Waals surface area contributed by atoms with E-state index in [1.54, 1.807) is 10.0 Å². The lowest BCUT2D eigenvalue weighted by molar-refractivity contribution is -0.0502. The predicted octanol–water partition coefficient (Wildman–Crippen LogP) is 2.22. The second-order valence-electron chi connectivity index (χ2n) is 5.56. The molecule has 0 unspecified atom stereocenters. The quantitative estimate of drug-likeness (QED) is 0.808. The summed E-state index contributed by atoms with van der Waals surface area (Å²) in [6.45, 7) is 1.39. The molecule has 128 valence electrons. The summed E-state index contributed by atoms with van der Waals surface area (Å²) in [7, 11) is 0. The van der Waals surface area contributed by atoms with Crippen molar-refractivity contribution in [3.63, 3.8) is 0 Å². The molecule has 2 aliphatic rings. The fraction of sp³-hybridized carbons (Fsp3) is 0.222. The van der Waals surface area contributed by atoms with Gasteiger partial charge in [0.05, 0.1) is 0 Å². The van der Waals surface area contributed by atoms with Gasteiger partial charge in [0.15, 0.2) is 13.5 Å². The van der Waals surface area contributed by atoms with E-state index in [9.17, 15) is 0 Å². The molecule has 0 saturated carbocycles. The highest BCUT2D eigenvalue weighted by atomic mass is 16.6. The van der Waals surface area contributed by atoms with Crippen LogP contribution in [0.4, 0.5) is 0 Å². The van der Waals surface area contributed by atoms with Crippen LogP contribution in [0.5, 0.6) is 0 Å². The van der Waals surface area contributed by atoms with Crippen molar-refractivity contribution < 1.29 is 14.2 Å². The number of hydrazone groups is 2. The Balaban J connectivity index is 1.26. The first kappa shape index (κ1) is 15.5. The van der Waals surface area contributed by atoms with Crippen LogP contribution in [-0.4, -0.2) is 48.7 Å². The van der Waals surface area contributed by atoms with Gasteiger partial charge in [-0.25, -0.2) is 10.0 Å². The van der Waals surface area contributed by atoms with Crippen LogP contribution in [-0.2, 0) is 14.2 Å². The van der Waals surface area contributed by atoms with Crippen molar-refractivity contribution in [1.82, 2.24) is 10.0 Å². The van der Waals surface area contributed by atoms with Crippen LogP contribution < -0.4 is 0 Å². The standard InChI is InChI=1S/C18H18N4O3/c1-3-7-15(8-4-1)17-19-21(13-24-17)11-23-12-22-14-25-18(20-22)16-9-5-2-6-10-16/h1-10H,11-14H2. The highest BCUT2D eigenvalue weighted by Crippen LogP contribution is 2.13. The zero-order valence-corrected chi connectivity index (χ0v) is 13.6. The van der Waals surface area contributed by atoms with Crippen molar-refractivity contribution in [3.05, 3.63) is 71.8 Å². The highest BCUT2D eigenvalue weighted by Gasteiger charge is 2.19. The van der Waals surface area contributed by atoms with Gasteiger partial charge in [0, 0.05) is 11.1 Å². The van der Waals surface area contributed by atoms with Crippen molar-refractivity contribution in [1.29, 1.82) is 0 Å². The smallest absolute Gasteiger partial charge is 0.240 e. The van der Waals surface area contributed by atoms with Crippen LogP contribution in [0, 0.1) is 0 Å². The number of rotatable bonds is 6. The number of ether oxygens (including phenoxy) is 3. The maximum absolute atomic E-state index is 5.65. The Labute approximate surface area is 145 Å². The van der Waals surface area contributed by atoms with Crippen molar-refractivity contribution >= 4 is 11.8 Å². The molecule has 0 fully saturated rings. The van der Waals surface area contributed by atoms with Gasteiger partial charge >= 0.3 is 0 Å². The molecule has 7 nitrogen and oxygen atoms in total. The molecule has 2 aliphatic heterocycles. The predicted molar refractivity (Wildman–Crippen MR) is 92.4 cm³/mol. The molecule has 7 heteroatoms. The maximum Gasteiger partial charge on any atom is 0.240 e. The Morgan fingerprint density at radius 2 is 1.16 bits per heavy atom. The molecule has 0 saturated heterocycles. The van der Waals surface area contributed by atoms with Crippen molar-refractivity contribution in [2.75, 3.05) is 26.9 Å². The summed E-state index contributed by atoms with van der Waals surface area (Å²) in [4.78, 5) is 0. The molecule has 0 spiro atoms. The third-order valence-corrected chi connectivity index (χ3v) is 3.69. The summed E-state index contributed by atoms with van der Waals surface area (Å²) in [6, 6.07) is 19.6. The van der Waals surface area contributed by atoms with Crippen LogP contribution >= 0.6 is 0 Å². The summed E-state index contributed by atoms with van der Waals surface area (Å²) in [5.41, 5.74) is 1.91. The van der Waals surface area contributed by atoms with E-state index in [4.69, 9.17) is 14.2 Å². The van der Waals surface area contributed by atoms with Gasteiger partial charge in [-0.05, 0) is 24.3 Å². The molecule has 4 rings (SSSR count). The van der Waals surface area contributed by atoms with Gasteiger partial charge in [0.2, 0.25) is 11.8 Å². The zero-order valence-electron chi connectivity index (χ0n) is 13.6. The Kier molecular flexibility index (Phi) is 4.47. The van der Waals surface area contributed by atoms with E-state index in [1.807, 2.05) is 60.7 Å². The SMILES string of the molecule is c1ccc(C2=NN(COCN3COC(c4ccccc4)=N3)CO2)cc1. The summed E-state index contributed by atoms with van der Waals surface area (Å²) in [6.07, 6.45) is 0. The molecule has 0 amide bonds. The Morgan fingerprint density at radius 1 is 0.720 bits per heavy atom. The largest absolute Gasteiger partial charge is 0.453 e. The van der Waals surface area contributed by atoms with Gasteiger partial charge < -0.3 is 14.2 Å². The van der Waals surface area contributed by atoms with Gasteiger partial charge in [-0.2, -0.15) is 0 Å². The van der Waals surface area contributed by atoms with Gasteiger partial charge in [-0.3, -0.25) is 0 Å². The first-order valence-corrected chi connectivity index (χ1v) is 8.00. The fourth-order valence-corrected chi connectivity index (χ4v) is 2.47. The molecule has 0 aliphatic carbocycles. The van der Waals surface area contributed by atoms with Crippen molar-refractivity contribution in [2.45, 2.75) is 0 Å². The van der Waals surface area contributed by atoms with E-state index >= 15 is 0 Å². The van der Waals surface area contributed by atoms with E-state index < -0.39 is 0 Å². The second kappa shape index (κ2) is 7.23. The van der Waals surface area contributed by atoms with E-state index in [0.717, 1.165) is 11.1 Å². The van der Waals surface area contributed by atoms with Gasteiger partial charge in [0.25, 0.3) is 0 Å². The fourth-order valence-electron chi connectivity index (χ4n) is 2.47. The molecule has 2 heterocycles. The van der Waals surface area contributed by atoms with Crippen molar-refractivity contribution in [3.8, 4) is 0 Å². The first-order chi connectivity index (χ1) is 12.4. The van der Waals surface area contributed by atoms with E-state index in [1.165, 1.54) is 0 Å². The summed E-state index contributed by atoms with van der Waals surface area (Å²) < 4.78 is 16.8. The van der Waals surface area contributed by atoms with Crippen LogP contribution in [0.2, 0.25) is 0 Å². The molecule has 0 N–H and O–H groups in total. The number of nitrogens with zero attached hydrogens (tertiary/aromatic N) is 4. The third-order valence-electron chi connectivity index (χ3n) is 3.69. The molecular formula is C18H18N4O3. The molecule has 2 aromatic carbocycles. The lowest BCUT2D eigenvalue weighted by Crippen LogP contribution is -2.25. The molecular weight excluding hydrogens is 320 g/mol. The Bertz CT molecular complexity index is 699. The summed E-state index contributed by atoms with van der Waals surface area (Å²) >= 11 is 0. The summed E-state index contributed by atoms with van der Waals surface area (Å²) in [5, 5.41) is 12.3. The Morgan fingerprint density at radius 3 is 1.60 bits per heavy atom. The minimum atomic E-state index is 0.322. The third kappa shape index (κ3) is 3.72. The van der Waals surface area contributed by atoms with Crippen LogP contribution in [0.1, 0.15) is 11.1 Å². The Hall–Kier alpha value is -3.06. The second-order valence-corrected chi connectivity index (χ2v) is 5.56. The van der Waals surface area contributed by atoms with Gasteiger partial charge in [0.1, 0.15) is 13.5 Å².